The molecule has 0 spiro atoms. The van der Waals surface area contributed by atoms with Crippen molar-refractivity contribution in [3.63, 3.8) is 0 Å². The fourth-order valence-corrected chi connectivity index (χ4v) is 5.47. The Hall–Kier alpha value is -2.80. The van der Waals surface area contributed by atoms with Crippen LogP contribution in [0.3, 0.4) is 0 Å². The van der Waals surface area contributed by atoms with E-state index < -0.39 is 14.9 Å². The molecule has 1 aromatic heterocycles. The lowest BCUT2D eigenvalue weighted by molar-refractivity contribution is -0.388. The standard InChI is InChI=1S/C19H19N5O5S2/c1-22-18(14-5-3-2-4-6-14)20-21-19(22)30-17-8-7-15(13-16(17)24(25)26)31(27,28)23-9-11-29-12-10-23/h2-8,13H,9-12H2,1H3. The lowest BCUT2D eigenvalue weighted by atomic mass is 10.2. The van der Waals surface area contributed by atoms with Gasteiger partial charge in [-0.1, -0.05) is 30.3 Å². The zero-order chi connectivity index (χ0) is 22.0. The number of ether oxygens (including phenoxy) is 1. The zero-order valence-electron chi connectivity index (χ0n) is 16.5. The summed E-state index contributed by atoms with van der Waals surface area (Å²) in [4.78, 5) is 11.3. The molecular weight excluding hydrogens is 442 g/mol. The fourth-order valence-electron chi connectivity index (χ4n) is 3.16. The van der Waals surface area contributed by atoms with E-state index in [9.17, 15) is 18.5 Å². The van der Waals surface area contributed by atoms with Crippen LogP contribution in [0.5, 0.6) is 0 Å². The summed E-state index contributed by atoms with van der Waals surface area (Å²) >= 11 is 1.06. The Morgan fingerprint density at radius 1 is 1.10 bits per heavy atom. The van der Waals surface area contributed by atoms with Crippen LogP contribution < -0.4 is 0 Å². The predicted molar refractivity (Wildman–Crippen MR) is 113 cm³/mol. The average Bonchev–Trinajstić information content (AvgIpc) is 3.15. The first kappa shape index (κ1) is 21.4. The maximum Gasteiger partial charge on any atom is 0.284 e. The molecule has 10 nitrogen and oxygen atoms in total. The summed E-state index contributed by atoms with van der Waals surface area (Å²) in [7, 11) is -2.07. The highest BCUT2D eigenvalue weighted by atomic mass is 32.2. The minimum absolute atomic E-state index is 0.117. The molecule has 0 unspecified atom stereocenters. The first-order valence-electron chi connectivity index (χ1n) is 9.37. The van der Waals surface area contributed by atoms with Crippen molar-refractivity contribution in [3.8, 4) is 11.4 Å². The SMILES string of the molecule is Cn1c(Sc2ccc(S(=O)(=O)N3CCOCC3)cc2[N+](=O)[O-])nnc1-c1ccccc1. The molecule has 0 radical (unpaired) electrons. The highest BCUT2D eigenvalue weighted by molar-refractivity contribution is 7.99. The number of hydrogen-bond donors (Lipinski definition) is 0. The molecule has 0 aliphatic carbocycles. The topological polar surface area (TPSA) is 120 Å². The second-order valence-corrected chi connectivity index (χ2v) is 9.68. The van der Waals surface area contributed by atoms with E-state index >= 15 is 0 Å². The van der Waals surface area contributed by atoms with Crippen molar-refractivity contribution < 1.29 is 18.1 Å². The molecular formula is C19H19N5O5S2. The van der Waals surface area contributed by atoms with Crippen LogP contribution in [0.25, 0.3) is 11.4 Å². The van der Waals surface area contributed by atoms with Gasteiger partial charge in [0.25, 0.3) is 5.69 Å². The van der Waals surface area contributed by atoms with Crippen molar-refractivity contribution >= 4 is 27.5 Å². The van der Waals surface area contributed by atoms with E-state index in [2.05, 4.69) is 10.2 Å². The summed E-state index contributed by atoms with van der Waals surface area (Å²) in [6.07, 6.45) is 0. The molecule has 0 bridgehead atoms. The minimum Gasteiger partial charge on any atom is -0.379 e. The molecule has 0 amide bonds. The van der Waals surface area contributed by atoms with E-state index in [0.29, 0.717) is 24.2 Å². The maximum absolute atomic E-state index is 12.9. The van der Waals surface area contributed by atoms with Crippen LogP contribution in [0, 0.1) is 10.1 Å². The summed E-state index contributed by atoms with van der Waals surface area (Å²) in [5, 5.41) is 20.5. The number of sulfonamides is 1. The molecule has 1 fully saturated rings. The molecule has 12 heteroatoms. The molecule has 0 N–H and O–H groups in total. The summed E-state index contributed by atoms with van der Waals surface area (Å²) in [6.45, 7) is 1.03. The van der Waals surface area contributed by atoms with E-state index in [1.54, 1.807) is 11.6 Å². The van der Waals surface area contributed by atoms with Gasteiger partial charge in [0.15, 0.2) is 11.0 Å². The third-order valence-electron chi connectivity index (χ3n) is 4.80. The van der Waals surface area contributed by atoms with Crippen LogP contribution in [-0.4, -0.2) is 58.7 Å². The molecule has 0 saturated carbocycles. The number of benzene rings is 2. The number of nitro benzene ring substituents is 1. The normalized spacial score (nSPS) is 15.1. The van der Waals surface area contributed by atoms with Crippen LogP contribution >= 0.6 is 11.8 Å². The third kappa shape index (κ3) is 4.32. The molecule has 2 aromatic carbocycles. The summed E-state index contributed by atoms with van der Waals surface area (Å²) in [5.74, 6) is 0.622. The number of aromatic nitrogens is 3. The number of hydrogen-bond acceptors (Lipinski definition) is 8. The van der Waals surface area contributed by atoms with Gasteiger partial charge < -0.3 is 9.30 Å². The van der Waals surface area contributed by atoms with Gasteiger partial charge in [-0.3, -0.25) is 10.1 Å². The average molecular weight is 462 g/mol. The second-order valence-electron chi connectivity index (χ2n) is 6.74. The lowest BCUT2D eigenvalue weighted by Gasteiger charge is -2.26. The molecule has 4 rings (SSSR count). The molecule has 2 heterocycles. The van der Waals surface area contributed by atoms with E-state index in [0.717, 1.165) is 23.4 Å². The molecule has 1 aliphatic heterocycles. The summed E-state index contributed by atoms with van der Waals surface area (Å²) in [6, 6.07) is 13.4. The highest BCUT2D eigenvalue weighted by Gasteiger charge is 2.29. The Bertz CT molecular complexity index is 1210. The van der Waals surface area contributed by atoms with Crippen molar-refractivity contribution in [1.29, 1.82) is 0 Å². The van der Waals surface area contributed by atoms with Gasteiger partial charge in [-0.05, 0) is 23.9 Å². The smallest absolute Gasteiger partial charge is 0.284 e. The number of nitrogens with zero attached hydrogens (tertiary/aromatic N) is 5. The van der Waals surface area contributed by atoms with Gasteiger partial charge >= 0.3 is 0 Å². The molecule has 3 aromatic rings. The maximum atomic E-state index is 12.9. The molecule has 1 saturated heterocycles. The first-order chi connectivity index (χ1) is 14.9. The van der Waals surface area contributed by atoms with Crippen molar-refractivity contribution in [1.82, 2.24) is 19.1 Å². The van der Waals surface area contributed by atoms with Crippen molar-refractivity contribution in [2.75, 3.05) is 26.3 Å². The molecule has 162 valence electrons. The quantitative estimate of drug-likeness (QED) is 0.406. The van der Waals surface area contributed by atoms with Gasteiger partial charge in [-0.2, -0.15) is 4.31 Å². The van der Waals surface area contributed by atoms with Crippen molar-refractivity contribution in [3.05, 3.63) is 58.6 Å². The minimum atomic E-state index is -3.84. The van der Waals surface area contributed by atoms with Gasteiger partial charge in [0, 0.05) is 31.8 Å². The van der Waals surface area contributed by atoms with Crippen molar-refractivity contribution in [2.24, 2.45) is 7.05 Å². The largest absolute Gasteiger partial charge is 0.379 e. The van der Waals surface area contributed by atoms with E-state index in [1.807, 2.05) is 30.3 Å². The Morgan fingerprint density at radius 2 is 1.81 bits per heavy atom. The monoisotopic (exact) mass is 461 g/mol. The Labute approximate surface area is 183 Å². The predicted octanol–water partition coefficient (Wildman–Crippen LogP) is 2.56. The Kier molecular flexibility index (Phi) is 6.05. The number of rotatable bonds is 6. The van der Waals surface area contributed by atoms with Gasteiger partial charge in [0.2, 0.25) is 10.0 Å². The fraction of sp³-hybridized carbons (Fsp3) is 0.263. The lowest BCUT2D eigenvalue weighted by Crippen LogP contribution is -2.40. The van der Waals surface area contributed by atoms with E-state index in [-0.39, 0.29) is 28.6 Å². The first-order valence-corrected chi connectivity index (χ1v) is 11.6. The van der Waals surface area contributed by atoms with Crippen LogP contribution in [0.2, 0.25) is 0 Å². The number of nitro groups is 1. The molecule has 0 atom stereocenters. The van der Waals surface area contributed by atoms with E-state index in [1.165, 1.54) is 16.4 Å². The number of morpholine rings is 1. The Morgan fingerprint density at radius 3 is 2.48 bits per heavy atom. The van der Waals surface area contributed by atoms with Gasteiger partial charge in [-0.25, -0.2) is 8.42 Å². The highest BCUT2D eigenvalue weighted by Crippen LogP contribution is 2.36. The van der Waals surface area contributed by atoms with Gasteiger partial charge in [-0.15, -0.1) is 10.2 Å². The Balaban J connectivity index is 1.66. The summed E-state index contributed by atoms with van der Waals surface area (Å²) < 4.78 is 33.9. The summed E-state index contributed by atoms with van der Waals surface area (Å²) in [5.41, 5.74) is 0.564. The van der Waals surface area contributed by atoms with Crippen LogP contribution in [0.4, 0.5) is 5.69 Å². The van der Waals surface area contributed by atoms with Crippen LogP contribution in [-0.2, 0) is 21.8 Å². The molecule has 1 aliphatic rings. The second kappa shape index (κ2) is 8.75. The zero-order valence-corrected chi connectivity index (χ0v) is 18.2. The van der Waals surface area contributed by atoms with Crippen LogP contribution in [0.15, 0.2) is 63.5 Å². The van der Waals surface area contributed by atoms with Gasteiger partial charge in [0.05, 0.1) is 27.9 Å². The van der Waals surface area contributed by atoms with Crippen LogP contribution in [0.1, 0.15) is 0 Å². The van der Waals surface area contributed by atoms with Crippen molar-refractivity contribution in [2.45, 2.75) is 14.9 Å². The molecule has 31 heavy (non-hydrogen) atoms. The van der Waals surface area contributed by atoms with E-state index in [4.69, 9.17) is 4.74 Å². The van der Waals surface area contributed by atoms with Gasteiger partial charge in [0.1, 0.15) is 0 Å². The third-order valence-corrected chi connectivity index (χ3v) is 7.80.